The standard InChI is InChI=1S/C8H10ClN5/c1-13-7(9)4-6(12-13)5-14-3-2-11-8(14)10/h2-4H,5H2,1H3,(H2,10,11). The van der Waals surface area contributed by atoms with Gasteiger partial charge in [0.05, 0.1) is 12.2 Å². The Morgan fingerprint density at radius 3 is 2.86 bits per heavy atom. The van der Waals surface area contributed by atoms with Gasteiger partial charge in [-0.2, -0.15) is 5.10 Å². The fraction of sp³-hybridized carbons (Fsp3) is 0.250. The summed E-state index contributed by atoms with van der Waals surface area (Å²) in [5, 5.41) is 4.82. The Balaban J connectivity index is 2.23. The molecule has 0 aliphatic rings. The summed E-state index contributed by atoms with van der Waals surface area (Å²) in [7, 11) is 1.79. The molecule has 0 atom stereocenters. The van der Waals surface area contributed by atoms with Crippen LogP contribution in [-0.4, -0.2) is 19.3 Å². The van der Waals surface area contributed by atoms with Crippen LogP contribution in [0.2, 0.25) is 5.15 Å². The van der Waals surface area contributed by atoms with E-state index in [9.17, 15) is 0 Å². The third-order valence-corrected chi connectivity index (χ3v) is 2.31. The Labute approximate surface area is 86.1 Å². The topological polar surface area (TPSA) is 61.7 Å². The molecule has 74 valence electrons. The third-order valence-electron chi connectivity index (χ3n) is 1.95. The number of imidazole rings is 1. The number of hydrogen-bond acceptors (Lipinski definition) is 3. The summed E-state index contributed by atoms with van der Waals surface area (Å²) in [5.74, 6) is 0.478. The van der Waals surface area contributed by atoms with Crippen molar-refractivity contribution in [2.45, 2.75) is 6.54 Å². The van der Waals surface area contributed by atoms with Crippen LogP contribution in [0.1, 0.15) is 5.69 Å². The first-order valence-corrected chi connectivity index (χ1v) is 4.49. The lowest BCUT2D eigenvalue weighted by Gasteiger charge is -2.00. The maximum Gasteiger partial charge on any atom is 0.200 e. The van der Waals surface area contributed by atoms with Crippen LogP contribution in [0.15, 0.2) is 18.5 Å². The van der Waals surface area contributed by atoms with Crippen LogP contribution in [0, 0.1) is 0 Å². The maximum atomic E-state index is 5.85. The van der Waals surface area contributed by atoms with E-state index in [0.717, 1.165) is 5.69 Å². The van der Waals surface area contributed by atoms with E-state index < -0.39 is 0 Å². The SMILES string of the molecule is Cn1nc(Cn2ccnc2N)cc1Cl. The van der Waals surface area contributed by atoms with Crippen molar-refractivity contribution in [3.63, 3.8) is 0 Å². The highest BCUT2D eigenvalue weighted by Gasteiger charge is 2.04. The zero-order valence-electron chi connectivity index (χ0n) is 7.68. The van der Waals surface area contributed by atoms with Crippen LogP contribution in [0.25, 0.3) is 0 Å². The van der Waals surface area contributed by atoms with Crippen LogP contribution >= 0.6 is 11.6 Å². The van der Waals surface area contributed by atoms with Gasteiger partial charge >= 0.3 is 0 Å². The lowest BCUT2D eigenvalue weighted by molar-refractivity contribution is 0.711. The lowest BCUT2D eigenvalue weighted by atomic mass is 10.4. The smallest absolute Gasteiger partial charge is 0.200 e. The van der Waals surface area contributed by atoms with Crippen LogP contribution in [-0.2, 0) is 13.6 Å². The average Bonchev–Trinajstić information content (AvgIpc) is 2.63. The molecule has 6 heteroatoms. The molecule has 0 saturated carbocycles. The second kappa shape index (κ2) is 3.34. The van der Waals surface area contributed by atoms with Gasteiger partial charge in [0.1, 0.15) is 5.15 Å². The van der Waals surface area contributed by atoms with Crippen molar-refractivity contribution < 1.29 is 0 Å². The van der Waals surface area contributed by atoms with Crippen molar-refractivity contribution in [2.24, 2.45) is 7.05 Å². The van der Waals surface area contributed by atoms with Gasteiger partial charge in [-0.05, 0) is 0 Å². The molecule has 0 fully saturated rings. The van der Waals surface area contributed by atoms with E-state index in [2.05, 4.69) is 10.1 Å². The summed E-state index contributed by atoms with van der Waals surface area (Å²) in [5.41, 5.74) is 6.48. The molecule has 0 unspecified atom stereocenters. The Hall–Kier alpha value is -1.49. The van der Waals surface area contributed by atoms with E-state index in [1.807, 2.05) is 0 Å². The molecule has 0 bridgehead atoms. The molecule has 0 aliphatic heterocycles. The highest BCUT2D eigenvalue weighted by molar-refractivity contribution is 6.29. The van der Waals surface area contributed by atoms with Crippen LogP contribution in [0.4, 0.5) is 5.95 Å². The molecule has 5 nitrogen and oxygen atoms in total. The summed E-state index contributed by atoms with van der Waals surface area (Å²) in [4.78, 5) is 3.92. The summed E-state index contributed by atoms with van der Waals surface area (Å²) < 4.78 is 3.42. The second-order valence-electron chi connectivity index (χ2n) is 3.00. The maximum absolute atomic E-state index is 5.85. The van der Waals surface area contributed by atoms with E-state index in [1.165, 1.54) is 0 Å². The molecular weight excluding hydrogens is 202 g/mol. The minimum absolute atomic E-state index is 0.478. The molecule has 0 saturated heterocycles. The van der Waals surface area contributed by atoms with E-state index in [0.29, 0.717) is 17.6 Å². The molecule has 2 aromatic rings. The molecule has 0 amide bonds. The summed E-state index contributed by atoms with van der Waals surface area (Å²) in [6.07, 6.45) is 3.46. The molecule has 0 aliphatic carbocycles. The molecule has 0 spiro atoms. The highest BCUT2D eigenvalue weighted by atomic mass is 35.5. The number of aromatic nitrogens is 4. The number of anilines is 1. The van der Waals surface area contributed by atoms with Crippen LogP contribution < -0.4 is 5.73 Å². The molecule has 2 heterocycles. The molecular formula is C8H10ClN5. The molecule has 2 N–H and O–H groups in total. The predicted molar refractivity (Wildman–Crippen MR) is 54.0 cm³/mol. The van der Waals surface area contributed by atoms with Gasteiger partial charge in [0, 0.05) is 25.5 Å². The second-order valence-corrected chi connectivity index (χ2v) is 3.38. The first-order chi connectivity index (χ1) is 6.66. The minimum atomic E-state index is 0.478. The number of halogens is 1. The molecule has 2 aromatic heterocycles. The van der Waals surface area contributed by atoms with Gasteiger partial charge < -0.3 is 10.3 Å². The number of nitrogen functional groups attached to an aromatic ring is 1. The van der Waals surface area contributed by atoms with Gasteiger partial charge in [-0.3, -0.25) is 4.68 Å². The lowest BCUT2D eigenvalue weighted by Crippen LogP contribution is -2.04. The number of nitrogens with two attached hydrogens (primary N) is 1. The van der Waals surface area contributed by atoms with E-state index in [4.69, 9.17) is 17.3 Å². The van der Waals surface area contributed by atoms with Crippen molar-refractivity contribution >= 4 is 17.5 Å². The first-order valence-electron chi connectivity index (χ1n) is 4.12. The Kier molecular flexibility index (Phi) is 2.17. The van der Waals surface area contributed by atoms with E-state index in [-0.39, 0.29) is 0 Å². The van der Waals surface area contributed by atoms with Gasteiger partial charge in [0.15, 0.2) is 5.95 Å². The van der Waals surface area contributed by atoms with Crippen molar-refractivity contribution in [2.75, 3.05) is 5.73 Å². The van der Waals surface area contributed by atoms with Gasteiger partial charge in [-0.25, -0.2) is 4.98 Å². The summed E-state index contributed by atoms with van der Waals surface area (Å²) in [6.45, 7) is 0.590. The van der Waals surface area contributed by atoms with Gasteiger partial charge in [0.25, 0.3) is 0 Å². The number of hydrogen-bond donors (Lipinski definition) is 1. The summed E-state index contributed by atoms with van der Waals surface area (Å²) in [6, 6.07) is 1.81. The fourth-order valence-electron chi connectivity index (χ4n) is 1.23. The fourth-order valence-corrected chi connectivity index (χ4v) is 1.39. The molecule has 2 rings (SSSR count). The molecule has 0 aromatic carbocycles. The zero-order valence-corrected chi connectivity index (χ0v) is 8.44. The number of rotatable bonds is 2. The Morgan fingerprint density at radius 2 is 2.36 bits per heavy atom. The molecule has 14 heavy (non-hydrogen) atoms. The van der Waals surface area contributed by atoms with Crippen molar-refractivity contribution in [1.29, 1.82) is 0 Å². The monoisotopic (exact) mass is 211 g/mol. The number of nitrogens with zero attached hydrogens (tertiary/aromatic N) is 4. The van der Waals surface area contributed by atoms with Gasteiger partial charge in [-0.1, -0.05) is 11.6 Å². The minimum Gasteiger partial charge on any atom is -0.369 e. The Morgan fingerprint density at radius 1 is 1.57 bits per heavy atom. The van der Waals surface area contributed by atoms with Crippen LogP contribution in [0.5, 0.6) is 0 Å². The first kappa shape index (κ1) is 9.08. The normalized spacial score (nSPS) is 10.7. The van der Waals surface area contributed by atoms with E-state index in [1.54, 1.807) is 34.8 Å². The van der Waals surface area contributed by atoms with Gasteiger partial charge in [-0.15, -0.1) is 0 Å². The third kappa shape index (κ3) is 1.58. The predicted octanol–water partition coefficient (Wildman–Crippen LogP) is 0.900. The highest BCUT2D eigenvalue weighted by Crippen LogP contribution is 2.11. The van der Waals surface area contributed by atoms with Crippen molar-refractivity contribution in [3.8, 4) is 0 Å². The van der Waals surface area contributed by atoms with Gasteiger partial charge in [0.2, 0.25) is 0 Å². The largest absolute Gasteiger partial charge is 0.369 e. The zero-order chi connectivity index (χ0) is 10.1. The van der Waals surface area contributed by atoms with Crippen molar-refractivity contribution in [1.82, 2.24) is 19.3 Å². The van der Waals surface area contributed by atoms with Crippen molar-refractivity contribution in [3.05, 3.63) is 29.3 Å². The quantitative estimate of drug-likeness (QED) is 0.803. The molecule has 0 radical (unpaired) electrons. The van der Waals surface area contributed by atoms with E-state index >= 15 is 0 Å². The van der Waals surface area contributed by atoms with Crippen LogP contribution in [0.3, 0.4) is 0 Å². The average molecular weight is 212 g/mol. The number of aryl methyl sites for hydroxylation is 1. The summed E-state index contributed by atoms with van der Waals surface area (Å²) >= 11 is 5.85. The Bertz CT molecular complexity index is 425.